The molecule has 0 heterocycles. The van der Waals surface area contributed by atoms with E-state index in [9.17, 15) is 9.59 Å². The summed E-state index contributed by atoms with van der Waals surface area (Å²) in [6.45, 7) is 4.03. The van der Waals surface area contributed by atoms with Gasteiger partial charge in [-0.2, -0.15) is 5.10 Å². The maximum atomic E-state index is 12.7. The van der Waals surface area contributed by atoms with Crippen molar-refractivity contribution in [3.8, 4) is 11.5 Å². The molecule has 0 aliphatic heterocycles. The molecule has 3 aromatic rings. The van der Waals surface area contributed by atoms with Crippen LogP contribution in [0.4, 0.5) is 0 Å². The van der Waals surface area contributed by atoms with Crippen LogP contribution in [-0.2, 0) is 11.4 Å². The number of rotatable bonds is 10. The highest BCUT2D eigenvalue weighted by Gasteiger charge is 2.24. The fourth-order valence-corrected chi connectivity index (χ4v) is 3.82. The van der Waals surface area contributed by atoms with E-state index in [-0.39, 0.29) is 10.9 Å². The summed E-state index contributed by atoms with van der Waals surface area (Å²) in [5, 5.41) is 7.35. The molecule has 7 nitrogen and oxygen atoms in total. The third-order valence-corrected chi connectivity index (χ3v) is 6.57. The fourth-order valence-electron chi connectivity index (χ4n) is 3.26. The van der Waals surface area contributed by atoms with Crippen LogP contribution in [0.2, 0.25) is 10.0 Å². The minimum atomic E-state index is -0.817. The summed E-state index contributed by atoms with van der Waals surface area (Å²) >= 11 is 15.3. The lowest BCUT2D eigenvalue weighted by Crippen LogP contribution is -2.48. The Kier molecular flexibility index (Phi) is 10.4. The van der Waals surface area contributed by atoms with Crippen LogP contribution in [-0.4, -0.2) is 31.2 Å². The van der Waals surface area contributed by atoms with E-state index in [4.69, 9.17) is 32.7 Å². The Bertz CT molecular complexity index is 1280. The van der Waals surface area contributed by atoms with Crippen LogP contribution < -0.4 is 20.2 Å². The van der Waals surface area contributed by atoms with E-state index in [0.717, 1.165) is 10.0 Å². The number of nitrogens with zero attached hydrogens (tertiary/aromatic N) is 1. The monoisotopic (exact) mass is 605 g/mol. The number of hydrazone groups is 1. The largest absolute Gasteiger partial charge is 0.493 e. The van der Waals surface area contributed by atoms with E-state index in [1.54, 1.807) is 25.3 Å². The van der Waals surface area contributed by atoms with Crippen molar-refractivity contribution in [2.45, 2.75) is 26.5 Å². The predicted octanol–water partition coefficient (Wildman–Crippen LogP) is 6.25. The second-order valence-corrected chi connectivity index (χ2v) is 10.1. The highest BCUT2D eigenvalue weighted by atomic mass is 79.9. The summed E-state index contributed by atoms with van der Waals surface area (Å²) in [4.78, 5) is 25.4. The fraction of sp³-hybridized carbons (Fsp3) is 0.222. The molecule has 10 heteroatoms. The van der Waals surface area contributed by atoms with Crippen molar-refractivity contribution < 1.29 is 19.1 Å². The van der Waals surface area contributed by atoms with E-state index in [0.29, 0.717) is 34.3 Å². The highest BCUT2D eigenvalue weighted by Crippen LogP contribution is 2.28. The van der Waals surface area contributed by atoms with Crippen molar-refractivity contribution in [3.05, 3.63) is 91.9 Å². The molecule has 0 saturated carbocycles. The molecule has 2 N–H and O–H groups in total. The Morgan fingerprint density at radius 3 is 2.38 bits per heavy atom. The Hall–Kier alpha value is -3.07. The summed E-state index contributed by atoms with van der Waals surface area (Å²) in [6, 6.07) is 16.9. The molecule has 0 radical (unpaired) electrons. The van der Waals surface area contributed by atoms with Crippen LogP contribution in [0.1, 0.15) is 35.3 Å². The molecule has 0 fully saturated rings. The average Bonchev–Trinajstić information content (AvgIpc) is 2.88. The molecule has 3 rings (SSSR count). The van der Waals surface area contributed by atoms with Gasteiger partial charge in [0, 0.05) is 10.0 Å². The second kappa shape index (κ2) is 13.5. The summed E-state index contributed by atoms with van der Waals surface area (Å²) in [5.74, 6) is 0.0166. The number of methoxy groups -OCH3 is 1. The Balaban J connectivity index is 1.61. The Labute approximate surface area is 234 Å². The van der Waals surface area contributed by atoms with Crippen molar-refractivity contribution in [2.75, 3.05) is 7.11 Å². The standard InChI is InChI=1S/C27H26BrCl2N3O4/c1-16(2)25(32-26(34)19-7-10-21(29)22(30)13-19)27(35)33-31-14-18-6-11-23(24(12-18)36-3)37-15-17-4-8-20(28)9-5-17/h4-14,16,25H,15H2,1-3H3,(H,32,34)(H,33,35)/b31-14+. The number of carbonyl (C=O) groups is 2. The van der Waals surface area contributed by atoms with Gasteiger partial charge in [0.2, 0.25) is 0 Å². The van der Waals surface area contributed by atoms with Crippen LogP contribution >= 0.6 is 39.1 Å². The number of benzene rings is 3. The second-order valence-electron chi connectivity index (χ2n) is 8.38. The molecule has 2 amide bonds. The summed E-state index contributed by atoms with van der Waals surface area (Å²) in [7, 11) is 1.55. The molecule has 0 aliphatic carbocycles. The van der Waals surface area contributed by atoms with Crippen LogP contribution in [0.25, 0.3) is 0 Å². The number of hydrogen-bond donors (Lipinski definition) is 2. The van der Waals surface area contributed by atoms with Gasteiger partial charge in [-0.1, -0.05) is 65.1 Å². The smallest absolute Gasteiger partial charge is 0.262 e. The van der Waals surface area contributed by atoms with E-state index in [1.807, 2.05) is 38.1 Å². The molecule has 0 aliphatic rings. The van der Waals surface area contributed by atoms with Crippen LogP contribution in [0.3, 0.4) is 0 Å². The third-order valence-electron chi connectivity index (χ3n) is 5.30. The highest BCUT2D eigenvalue weighted by molar-refractivity contribution is 9.10. The summed E-state index contributed by atoms with van der Waals surface area (Å²) in [5.41, 5.74) is 4.49. The quantitative estimate of drug-likeness (QED) is 0.211. The number of nitrogens with one attached hydrogen (secondary N) is 2. The minimum absolute atomic E-state index is 0.191. The lowest BCUT2D eigenvalue weighted by Gasteiger charge is -2.20. The average molecular weight is 607 g/mol. The van der Waals surface area contributed by atoms with E-state index >= 15 is 0 Å². The molecule has 0 bridgehead atoms. The van der Waals surface area contributed by atoms with Crippen molar-refractivity contribution >= 4 is 57.2 Å². The molecule has 0 saturated heterocycles. The lowest BCUT2D eigenvalue weighted by molar-refractivity contribution is -0.123. The van der Waals surface area contributed by atoms with Gasteiger partial charge in [0.15, 0.2) is 11.5 Å². The lowest BCUT2D eigenvalue weighted by atomic mass is 10.0. The van der Waals surface area contributed by atoms with Crippen molar-refractivity contribution in [3.63, 3.8) is 0 Å². The van der Waals surface area contributed by atoms with Gasteiger partial charge in [0.05, 0.1) is 23.4 Å². The molecular formula is C27H26BrCl2N3O4. The van der Waals surface area contributed by atoms with Gasteiger partial charge < -0.3 is 14.8 Å². The third kappa shape index (κ3) is 8.21. The zero-order chi connectivity index (χ0) is 26.9. The first-order valence-corrected chi connectivity index (χ1v) is 12.9. The number of amides is 2. The van der Waals surface area contributed by atoms with Crippen molar-refractivity contribution in [1.82, 2.24) is 10.7 Å². The maximum Gasteiger partial charge on any atom is 0.262 e. The van der Waals surface area contributed by atoms with Crippen LogP contribution in [0, 0.1) is 5.92 Å². The summed E-state index contributed by atoms with van der Waals surface area (Å²) < 4.78 is 12.3. The Morgan fingerprint density at radius 2 is 1.73 bits per heavy atom. The minimum Gasteiger partial charge on any atom is -0.493 e. The van der Waals surface area contributed by atoms with Gasteiger partial charge in [-0.25, -0.2) is 5.43 Å². The van der Waals surface area contributed by atoms with Gasteiger partial charge in [0.1, 0.15) is 12.6 Å². The molecule has 1 unspecified atom stereocenters. The zero-order valence-corrected chi connectivity index (χ0v) is 23.5. The molecule has 194 valence electrons. The van der Waals surface area contributed by atoms with Crippen molar-refractivity contribution in [1.29, 1.82) is 0 Å². The molecule has 3 aromatic carbocycles. The van der Waals surface area contributed by atoms with Gasteiger partial charge in [-0.15, -0.1) is 0 Å². The van der Waals surface area contributed by atoms with Crippen LogP contribution in [0.5, 0.6) is 11.5 Å². The van der Waals surface area contributed by atoms with Crippen molar-refractivity contribution in [2.24, 2.45) is 11.0 Å². The summed E-state index contributed by atoms with van der Waals surface area (Å²) in [6.07, 6.45) is 1.48. The molecule has 37 heavy (non-hydrogen) atoms. The number of ether oxygens (including phenoxy) is 2. The van der Waals surface area contributed by atoms with E-state index < -0.39 is 17.9 Å². The predicted molar refractivity (Wildman–Crippen MR) is 150 cm³/mol. The van der Waals surface area contributed by atoms with Gasteiger partial charge in [0.25, 0.3) is 11.8 Å². The Morgan fingerprint density at radius 1 is 1.00 bits per heavy atom. The number of hydrogen-bond acceptors (Lipinski definition) is 5. The van der Waals surface area contributed by atoms with E-state index in [1.165, 1.54) is 24.4 Å². The van der Waals surface area contributed by atoms with Gasteiger partial charge in [-0.3, -0.25) is 9.59 Å². The normalized spacial score (nSPS) is 11.9. The molecule has 1 atom stereocenters. The topological polar surface area (TPSA) is 89.0 Å². The first-order valence-electron chi connectivity index (χ1n) is 11.3. The number of halogens is 3. The zero-order valence-electron chi connectivity index (χ0n) is 20.4. The SMILES string of the molecule is COc1cc(/C=N/NC(=O)C(NC(=O)c2ccc(Cl)c(Cl)c2)C(C)C)ccc1OCc1ccc(Br)cc1. The number of carbonyl (C=O) groups excluding carboxylic acids is 2. The first kappa shape index (κ1) is 28.5. The van der Waals surface area contributed by atoms with Gasteiger partial charge in [-0.05, 0) is 65.6 Å². The first-order chi connectivity index (χ1) is 17.7. The van der Waals surface area contributed by atoms with Gasteiger partial charge >= 0.3 is 0 Å². The van der Waals surface area contributed by atoms with E-state index in [2.05, 4.69) is 31.8 Å². The maximum absolute atomic E-state index is 12.7. The van der Waals surface area contributed by atoms with Crippen LogP contribution in [0.15, 0.2) is 70.2 Å². The molecule has 0 aromatic heterocycles. The molecular weight excluding hydrogens is 581 g/mol. The molecule has 0 spiro atoms.